The van der Waals surface area contributed by atoms with Crippen LogP contribution in [0.3, 0.4) is 0 Å². The maximum absolute atomic E-state index is 12.7. The molecule has 0 rings (SSSR count). The van der Waals surface area contributed by atoms with E-state index in [2.05, 4.69) is 5.32 Å². The monoisotopic (exact) mass is 402 g/mol. The second-order valence-corrected chi connectivity index (χ2v) is 5.88. The van der Waals surface area contributed by atoms with Gasteiger partial charge >= 0.3 is 26.4 Å². The van der Waals surface area contributed by atoms with Crippen molar-refractivity contribution in [1.82, 2.24) is 0 Å². The minimum absolute atomic E-state index is 0.979. The Morgan fingerprint density at radius 2 is 1.08 bits per heavy atom. The molecule has 3 N–H and O–H groups in total. The normalized spacial score (nSPS) is 14.5. The Morgan fingerprint density at radius 1 is 0.833 bits per heavy atom. The first-order chi connectivity index (χ1) is 10.1. The molecule has 0 amide bonds. The van der Waals surface area contributed by atoms with Crippen LogP contribution in [0.25, 0.3) is 5.32 Å². The van der Waals surface area contributed by atoms with E-state index in [9.17, 15) is 39.5 Å². The molecule has 24 heavy (non-hydrogen) atoms. The molecule has 0 radical (unpaired) electrons. The van der Waals surface area contributed by atoms with E-state index in [1.165, 1.54) is 0 Å². The average Bonchev–Trinajstić information content (AvgIpc) is 2.03. The van der Waals surface area contributed by atoms with Crippen molar-refractivity contribution in [1.29, 1.82) is 0 Å². The average molecular weight is 402 g/mol. The van der Waals surface area contributed by atoms with Gasteiger partial charge in [0.25, 0.3) is 0 Å². The van der Waals surface area contributed by atoms with Gasteiger partial charge in [0.2, 0.25) is 0 Å². The van der Waals surface area contributed by atoms with Crippen LogP contribution in [-0.4, -0.2) is 44.8 Å². The summed E-state index contributed by atoms with van der Waals surface area (Å²) in [6.45, 7) is 1.96. The first-order valence-electron chi connectivity index (χ1n) is 5.78. The lowest BCUT2D eigenvalue weighted by Gasteiger charge is -2.50. The van der Waals surface area contributed by atoms with Crippen molar-refractivity contribution in [3.05, 3.63) is 5.32 Å². The molecule has 5 nitrogen and oxygen atoms in total. The third-order valence-corrected chi connectivity index (χ3v) is 2.02. The minimum Gasteiger partial charge on any atom is -0.647 e. The first-order valence-corrected chi connectivity index (χ1v) is 7.35. The summed E-state index contributed by atoms with van der Waals surface area (Å²) in [5.74, 6) is 0. The van der Waals surface area contributed by atoms with E-state index < -0.39 is 50.8 Å². The number of rotatable bonds is 4. The molecule has 0 aliphatic rings. The Labute approximate surface area is 130 Å². The summed E-state index contributed by atoms with van der Waals surface area (Å²) < 4.78 is 120. The fourth-order valence-electron chi connectivity index (χ4n) is 1.58. The van der Waals surface area contributed by atoms with Gasteiger partial charge in [0.15, 0.2) is 0 Å². The summed E-state index contributed by atoms with van der Waals surface area (Å²) in [5, 5.41) is 2.69. The van der Waals surface area contributed by atoms with Crippen molar-refractivity contribution in [2.24, 2.45) is 0 Å². The number of halogens is 9. The molecule has 15 heteroatoms. The predicted octanol–water partition coefficient (Wildman–Crippen LogP) is 4.05. The lowest BCUT2D eigenvalue weighted by Crippen LogP contribution is -2.51. The summed E-state index contributed by atoms with van der Waals surface area (Å²) in [5.41, 5.74) is -4.20. The highest BCUT2D eigenvalue weighted by Crippen LogP contribution is 2.50. The highest BCUT2D eigenvalue weighted by atomic mass is 31.2. The molecular formula is C9H14F9NO4P-. The largest absolute Gasteiger partial charge is 0.647 e. The maximum Gasteiger partial charge on any atom is 0.466 e. The molecule has 0 aliphatic heterocycles. The smallest absolute Gasteiger partial charge is 0.466 e. The Kier molecular flexibility index (Phi) is 8.79. The third kappa shape index (κ3) is 13.8. The zero-order valence-electron chi connectivity index (χ0n) is 12.0. The number of hydrogen-bond acceptors (Lipinski definition) is 1. The van der Waals surface area contributed by atoms with Crippen molar-refractivity contribution in [3.63, 3.8) is 0 Å². The molecule has 0 aromatic rings. The SMILES string of the molecule is CC(C)[N-]C(CC(F)(F)F)(CC(F)(F)F)C(F)(F)F.O=P(O)(O)O. The van der Waals surface area contributed by atoms with Gasteiger partial charge in [-0.15, -0.1) is 6.04 Å². The van der Waals surface area contributed by atoms with Gasteiger partial charge in [0.05, 0.1) is 0 Å². The fourth-order valence-corrected chi connectivity index (χ4v) is 1.58. The van der Waals surface area contributed by atoms with Crippen LogP contribution in [0, 0.1) is 0 Å². The van der Waals surface area contributed by atoms with E-state index in [0.717, 1.165) is 13.8 Å². The molecular weight excluding hydrogens is 388 g/mol. The topological polar surface area (TPSA) is 91.9 Å². The number of phosphoric acid groups is 1. The van der Waals surface area contributed by atoms with Crippen LogP contribution in [-0.2, 0) is 4.57 Å². The highest BCUT2D eigenvalue weighted by molar-refractivity contribution is 7.45. The summed E-state index contributed by atoms with van der Waals surface area (Å²) >= 11 is 0. The zero-order valence-corrected chi connectivity index (χ0v) is 12.9. The molecule has 0 unspecified atom stereocenters. The van der Waals surface area contributed by atoms with E-state index in [4.69, 9.17) is 19.2 Å². The summed E-state index contributed by atoms with van der Waals surface area (Å²) in [6.07, 6.45) is -22.0. The molecule has 148 valence electrons. The minimum atomic E-state index is -5.75. The Morgan fingerprint density at radius 3 is 1.21 bits per heavy atom. The van der Waals surface area contributed by atoms with Gasteiger partial charge in [-0.3, -0.25) is 0 Å². The molecule has 0 saturated carbocycles. The predicted molar refractivity (Wildman–Crippen MR) is 62.9 cm³/mol. The van der Waals surface area contributed by atoms with Gasteiger partial charge in [0, 0.05) is 12.8 Å². The molecule has 0 aliphatic carbocycles. The van der Waals surface area contributed by atoms with E-state index in [0.29, 0.717) is 0 Å². The first kappa shape index (κ1) is 25.7. The number of alkyl halides is 9. The van der Waals surface area contributed by atoms with Crippen molar-refractivity contribution < 1.29 is 58.8 Å². The molecule has 0 saturated heterocycles. The van der Waals surface area contributed by atoms with Gasteiger partial charge in [-0.1, -0.05) is 13.8 Å². The number of nitrogens with zero attached hydrogens (tertiary/aromatic N) is 1. The summed E-state index contributed by atoms with van der Waals surface area (Å²) in [6, 6.07) is -1.33. The van der Waals surface area contributed by atoms with E-state index in [1.807, 2.05) is 0 Å². The van der Waals surface area contributed by atoms with Crippen molar-refractivity contribution in [2.45, 2.75) is 56.8 Å². The molecule has 0 fully saturated rings. The van der Waals surface area contributed by atoms with Crippen molar-refractivity contribution in [2.75, 3.05) is 0 Å². The fraction of sp³-hybridized carbons (Fsp3) is 1.00. The highest BCUT2D eigenvalue weighted by Gasteiger charge is 2.57. The molecule has 0 bridgehead atoms. The van der Waals surface area contributed by atoms with Gasteiger partial charge in [-0.2, -0.15) is 39.5 Å². The third-order valence-electron chi connectivity index (χ3n) is 2.02. The summed E-state index contributed by atoms with van der Waals surface area (Å²) in [7, 11) is -4.64. The van der Waals surface area contributed by atoms with Gasteiger partial charge in [0.1, 0.15) is 0 Å². The maximum atomic E-state index is 12.7. The molecule has 0 aromatic carbocycles. The lowest BCUT2D eigenvalue weighted by molar-refractivity contribution is -0.249. The lowest BCUT2D eigenvalue weighted by atomic mass is 9.88. The van der Waals surface area contributed by atoms with E-state index in [1.54, 1.807) is 0 Å². The van der Waals surface area contributed by atoms with Crippen molar-refractivity contribution in [3.8, 4) is 0 Å². The number of hydrogen-bond donors (Lipinski definition) is 3. The molecule has 0 aromatic heterocycles. The van der Waals surface area contributed by atoms with Crippen LogP contribution >= 0.6 is 7.82 Å². The van der Waals surface area contributed by atoms with Crippen LogP contribution in [0.4, 0.5) is 39.5 Å². The molecule has 0 heterocycles. The quantitative estimate of drug-likeness (QED) is 0.489. The van der Waals surface area contributed by atoms with Gasteiger partial charge in [-0.25, -0.2) is 4.57 Å². The Bertz CT molecular complexity index is 402. The standard InChI is InChI=1S/C9H11F9N.H3O4P/c1-5(2)19-6(9(16,17)18,3-7(10,11)12)4-8(13,14)15;1-5(2,3)4/h5H,3-4H2,1-2H3;(H3,1,2,3,4)/q-1;. The zero-order chi connectivity index (χ0) is 20.2. The summed E-state index contributed by atoms with van der Waals surface area (Å²) in [4.78, 5) is 21.6. The van der Waals surface area contributed by atoms with Gasteiger partial charge in [-0.05, 0) is 5.54 Å². The second kappa shape index (κ2) is 8.21. The van der Waals surface area contributed by atoms with Crippen LogP contribution in [0.5, 0.6) is 0 Å². The molecule has 0 atom stereocenters. The van der Waals surface area contributed by atoms with E-state index >= 15 is 0 Å². The van der Waals surface area contributed by atoms with Crippen LogP contribution in [0.15, 0.2) is 0 Å². The molecule has 0 spiro atoms. The van der Waals surface area contributed by atoms with Crippen molar-refractivity contribution >= 4 is 7.82 Å². The Hall–Kier alpha value is -0.560. The van der Waals surface area contributed by atoms with Crippen LogP contribution in [0.1, 0.15) is 26.7 Å². The van der Waals surface area contributed by atoms with Gasteiger partial charge < -0.3 is 20.0 Å². The van der Waals surface area contributed by atoms with Crippen LogP contribution in [0.2, 0.25) is 0 Å². The Balaban J connectivity index is 0. The van der Waals surface area contributed by atoms with Crippen LogP contribution < -0.4 is 0 Å². The second-order valence-electron chi connectivity index (χ2n) is 4.85. The van der Waals surface area contributed by atoms with E-state index in [-0.39, 0.29) is 0 Å².